The van der Waals surface area contributed by atoms with Crippen molar-refractivity contribution in [3.05, 3.63) is 0 Å². The highest BCUT2D eigenvalue weighted by Gasteiger charge is 1.96. The maximum Gasteiger partial charge on any atom is 0.0549 e. The molecule has 0 aromatic rings. The molecule has 0 amide bonds. The Labute approximate surface area is 97.2 Å². The van der Waals surface area contributed by atoms with Crippen LogP contribution in [0.25, 0.3) is 0 Å². The number of rotatable bonds is 6. The smallest absolute Gasteiger partial charge is 0.0549 e. The molecule has 2 nitrogen and oxygen atoms in total. The zero-order chi connectivity index (χ0) is 11.4. The molecule has 0 aromatic heterocycles. The number of halogens is 2. The topological polar surface area (TPSA) is 40.5 Å². The van der Waals surface area contributed by atoms with Gasteiger partial charge in [-0.15, -0.1) is 23.2 Å². The standard InChI is InChI=1S/2C5H11ClO/c2*1-2-5(7)3-4-6/h2*5,7H,2-4H2,1H3. The molecule has 0 bridgehead atoms. The molecule has 2 atom stereocenters. The van der Waals surface area contributed by atoms with Crippen LogP contribution in [0.4, 0.5) is 0 Å². The molecule has 0 fully saturated rings. The van der Waals surface area contributed by atoms with Crippen LogP contribution in [0, 0.1) is 0 Å². The second kappa shape index (κ2) is 13.5. The molecule has 88 valence electrons. The minimum Gasteiger partial charge on any atom is -0.393 e. The van der Waals surface area contributed by atoms with E-state index in [1.54, 1.807) is 0 Å². The summed E-state index contributed by atoms with van der Waals surface area (Å²) in [5.41, 5.74) is 0. The molecule has 2 N–H and O–H groups in total. The van der Waals surface area contributed by atoms with E-state index in [4.69, 9.17) is 33.4 Å². The largest absolute Gasteiger partial charge is 0.393 e. The van der Waals surface area contributed by atoms with Gasteiger partial charge in [-0.05, 0) is 25.7 Å². The van der Waals surface area contributed by atoms with Crippen LogP contribution < -0.4 is 0 Å². The number of aliphatic hydroxyl groups is 2. The lowest BCUT2D eigenvalue weighted by Crippen LogP contribution is -2.03. The maximum atomic E-state index is 8.77. The molecule has 0 radical (unpaired) electrons. The predicted molar refractivity (Wildman–Crippen MR) is 63.3 cm³/mol. The summed E-state index contributed by atoms with van der Waals surface area (Å²) in [5, 5.41) is 17.5. The quantitative estimate of drug-likeness (QED) is 0.706. The average Bonchev–Trinajstić information content (AvgIpc) is 2.19. The predicted octanol–water partition coefficient (Wildman–Crippen LogP) is 2.77. The van der Waals surface area contributed by atoms with Crippen LogP contribution in [0.15, 0.2) is 0 Å². The summed E-state index contributed by atoms with van der Waals surface area (Å²) in [5.74, 6) is 1.13. The number of hydrogen-bond donors (Lipinski definition) is 2. The van der Waals surface area contributed by atoms with E-state index >= 15 is 0 Å². The molecule has 0 saturated heterocycles. The number of aliphatic hydroxyl groups excluding tert-OH is 2. The van der Waals surface area contributed by atoms with E-state index in [9.17, 15) is 0 Å². The molecule has 0 saturated carbocycles. The number of alkyl halides is 2. The first-order chi connectivity index (χ1) is 6.62. The fraction of sp³-hybridized carbons (Fsp3) is 1.00. The van der Waals surface area contributed by atoms with Gasteiger partial charge in [-0.1, -0.05) is 13.8 Å². The van der Waals surface area contributed by atoms with E-state index in [1.807, 2.05) is 13.8 Å². The Bertz CT molecular complexity index is 90.1. The molecule has 0 aromatic carbocycles. The molecular weight excluding hydrogens is 223 g/mol. The Hall–Kier alpha value is 0.500. The third-order valence-electron chi connectivity index (χ3n) is 1.83. The zero-order valence-electron chi connectivity index (χ0n) is 9.05. The molecule has 0 aliphatic heterocycles. The van der Waals surface area contributed by atoms with Gasteiger partial charge in [0.25, 0.3) is 0 Å². The summed E-state index contributed by atoms with van der Waals surface area (Å²) in [6, 6.07) is 0. The van der Waals surface area contributed by atoms with Gasteiger partial charge >= 0.3 is 0 Å². The Morgan fingerprint density at radius 3 is 1.21 bits per heavy atom. The fourth-order valence-corrected chi connectivity index (χ4v) is 1.16. The van der Waals surface area contributed by atoms with Crippen molar-refractivity contribution in [1.82, 2.24) is 0 Å². The highest BCUT2D eigenvalue weighted by atomic mass is 35.5. The van der Waals surface area contributed by atoms with Gasteiger partial charge in [-0.2, -0.15) is 0 Å². The first kappa shape index (κ1) is 16.9. The third kappa shape index (κ3) is 15.0. The summed E-state index contributed by atoms with van der Waals surface area (Å²) in [6.07, 6.45) is 2.70. The second-order valence-corrected chi connectivity index (χ2v) is 3.84. The van der Waals surface area contributed by atoms with E-state index in [1.165, 1.54) is 0 Å². The molecule has 0 heterocycles. The van der Waals surface area contributed by atoms with E-state index in [0.717, 1.165) is 25.7 Å². The minimum absolute atomic E-state index is 0.183. The van der Waals surface area contributed by atoms with Gasteiger partial charge in [0.2, 0.25) is 0 Å². The van der Waals surface area contributed by atoms with Gasteiger partial charge in [-0.3, -0.25) is 0 Å². The van der Waals surface area contributed by atoms with Crippen LogP contribution in [-0.2, 0) is 0 Å². The third-order valence-corrected chi connectivity index (χ3v) is 2.26. The lowest BCUT2D eigenvalue weighted by atomic mass is 10.2. The van der Waals surface area contributed by atoms with E-state index in [0.29, 0.717) is 11.8 Å². The summed E-state index contributed by atoms with van der Waals surface area (Å²) in [4.78, 5) is 0. The van der Waals surface area contributed by atoms with Crippen LogP contribution in [0.1, 0.15) is 39.5 Å². The van der Waals surface area contributed by atoms with Crippen molar-refractivity contribution in [2.75, 3.05) is 11.8 Å². The Kier molecular flexibility index (Phi) is 16.3. The van der Waals surface area contributed by atoms with Gasteiger partial charge in [-0.25, -0.2) is 0 Å². The number of hydrogen-bond acceptors (Lipinski definition) is 2. The van der Waals surface area contributed by atoms with E-state index < -0.39 is 0 Å². The monoisotopic (exact) mass is 244 g/mol. The molecular formula is C10H22Cl2O2. The van der Waals surface area contributed by atoms with Crippen molar-refractivity contribution in [2.24, 2.45) is 0 Å². The van der Waals surface area contributed by atoms with Crippen molar-refractivity contribution in [3.8, 4) is 0 Å². The van der Waals surface area contributed by atoms with E-state index in [-0.39, 0.29) is 12.2 Å². The lowest BCUT2D eigenvalue weighted by molar-refractivity contribution is 0.167. The van der Waals surface area contributed by atoms with Crippen LogP contribution in [-0.4, -0.2) is 34.2 Å². The lowest BCUT2D eigenvalue weighted by Gasteiger charge is -2.00. The molecule has 14 heavy (non-hydrogen) atoms. The van der Waals surface area contributed by atoms with Crippen LogP contribution in [0.3, 0.4) is 0 Å². The maximum absolute atomic E-state index is 8.77. The molecule has 0 aliphatic carbocycles. The molecule has 4 heteroatoms. The van der Waals surface area contributed by atoms with Crippen LogP contribution in [0.2, 0.25) is 0 Å². The van der Waals surface area contributed by atoms with Crippen molar-refractivity contribution in [1.29, 1.82) is 0 Å². The Balaban J connectivity index is 0. The zero-order valence-corrected chi connectivity index (χ0v) is 10.6. The first-order valence-electron chi connectivity index (χ1n) is 5.10. The normalized spacial score (nSPS) is 14.1. The summed E-state index contributed by atoms with van der Waals surface area (Å²) >= 11 is 10.6. The van der Waals surface area contributed by atoms with Gasteiger partial charge in [0.05, 0.1) is 12.2 Å². The average molecular weight is 245 g/mol. The molecule has 0 spiro atoms. The summed E-state index contributed by atoms with van der Waals surface area (Å²) < 4.78 is 0. The summed E-state index contributed by atoms with van der Waals surface area (Å²) in [7, 11) is 0. The highest BCUT2D eigenvalue weighted by Crippen LogP contribution is 1.97. The summed E-state index contributed by atoms with van der Waals surface area (Å²) in [6.45, 7) is 3.88. The van der Waals surface area contributed by atoms with Crippen molar-refractivity contribution < 1.29 is 10.2 Å². The Morgan fingerprint density at radius 1 is 0.857 bits per heavy atom. The van der Waals surface area contributed by atoms with Gasteiger partial charge in [0.1, 0.15) is 0 Å². The van der Waals surface area contributed by atoms with Crippen LogP contribution >= 0.6 is 23.2 Å². The van der Waals surface area contributed by atoms with Gasteiger partial charge < -0.3 is 10.2 Å². The fourth-order valence-electron chi connectivity index (χ4n) is 0.660. The highest BCUT2D eigenvalue weighted by molar-refractivity contribution is 6.18. The minimum atomic E-state index is -0.183. The molecule has 2 unspecified atom stereocenters. The van der Waals surface area contributed by atoms with Gasteiger partial charge in [0, 0.05) is 11.8 Å². The van der Waals surface area contributed by atoms with Crippen LogP contribution in [0.5, 0.6) is 0 Å². The second-order valence-electron chi connectivity index (χ2n) is 3.08. The molecule has 0 aliphatic rings. The van der Waals surface area contributed by atoms with Crippen molar-refractivity contribution in [3.63, 3.8) is 0 Å². The first-order valence-corrected chi connectivity index (χ1v) is 6.17. The van der Waals surface area contributed by atoms with Crippen molar-refractivity contribution in [2.45, 2.75) is 51.7 Å². The molecule has 0 rings (SSSR count). The van der Waals surface area contributed by atoms with E-state index in [2.05, 4.69) is 0 Å². The SMILES string of the molecule is CCC(O)CCCl.CCC(O)CCCl. The van der Waals surface area contributed by atoms with Crippen molar-refractivity contribution >= 4 is 23.2 Å². The Morgan fingerprint density at radius 2 is 1.14 bits per heavy atom. The van der Waals surface area contributed by atoms with Gasteiger partial charge in [0.15, 0.2) is 0 Å².